The average molecular weight is 317 g/mol. The van der Waals surface area contributed by atoms with Crippen LogP contribution in [0.2, 0.25) is 0 Å². The summed E-state index contributed by atoms with van der Waals surface area (Å²) in [6.07, 6.45) is 1.99. The van der Waals surface area contributed by atoms with E-state index in [4.69, 9.17) is 4.42 Å². The first-order chi connectivity index (χ1) is 10.3. The van der Waals surface area contributed by atoms with Crippen molar-refractivity contribution < 1.29 is 9.21 Å². The van der Waals surface area contributed by atoms with Crippen LogP contribution >= 0.6 is 23.1 Å². The summed E-state index contributed by atoms with van der Waals surface area (Å²) in [5, 5.41) is 12.3. The van der Waals surface area contributed by atoms with E-state index in [2.05, 4.69) is 15.5 Å². The van der Waals surface area contributed by atoms with Crippen molar-refractivity contribution in [1.82, 2.24) is 10.2 Å². The molecule has 5 nitrogen and oxygen atoms in total. The third-order valence-corrected chi connectivity index (χ3v) is 4.33. The molecule has 2 heterocycles. The van der Waals surface area contributed by atoms with E-state index < -0.39 is 0 Å². The van der Waals surface area contributed by atoms with E-state index in [1.165, 1.54) is 11.3 Å². The summed E-state index contributed by atoms with van der Waals surface area (Å²) in [7, 11) is 0. The molecule has 0 atom stereocenters. The van der Waals surface area contributed by atoms with Crippen molar-refractivity contribution in [2.75, 3.05) is 11.6 Å². The lowest BCUT2D eigenvalue weighted by Gasteiger charge is -2.01. The number of amides is 1. The molecule has 1 amide bonds. The minimum atomic E-state index is -0.274. The van der Waals surface area contributed by atoms with E-state index in [-0.39, 0.29) is 11.9 Å². The molecule has 0 aliphatic rings. The first-order valence-electron chi connectivity index (χ1n) is 6.09. The number of anilines is 1. The minimum absolute atomic E-state index is 0.0948. The maximum atomic E-state index is 12.1. The lowest BCUT2D eigenvalue weighted by molar-refractivity contribution is 0.102. The number of thioether (sulfide) groups is 1. The van der Waals surface area contributed by atoms with E-state index in [0.29, 0.717) is 11.5 Å². The fraction of sp³-hybridized carbons (Fsp3) is 0.0714. The molecule has 0 saturated carbocycles. The molecule has 0 bridgehead atoms. The smallest absolute Gasteiger partial charge is 0.322 e. The van der Waals surface area contributed by atoms with Gasteiger partial charge in [0.05, 0.1) is 4.88 Å². The number of aromatic nitrogens is 2. The van der Waals surface area contributed by atoms with Gasteiger partial charge in [-0.15, -0.1) is 28.2 Å². The van der Waals surface area contributed by atoms with Crippen LogP contribution in [0.3, 0.4) is 0 Å². The summed E-state index contributed by atoms with van der Waals surface area (Å²) in [5.74, 6) is 0.127. The van der Waals surface area contributed by atoms with Crippen molar-refractivity contribution in [1.29, 1.82) is 0 Å². The van der Waals surface area contributed by atoms with Crippen LogP contribution in [0.1, 0.15) is 10.4 Å². The molecule has 7 heteroatoms. The Bertz CT molecular complexity index is 736. The molecular weight excluding hydrogens is 306 g/mol. The highest BCUT2D eigenvalue weighted by Crippen LogP contribution is 2.24. The Hall–Kier alpha value is -2.12. The van der Waals surface area contributed by atoms with Gasteiger partial charge in [-0.1, -0.05) is 11.2 Å². The Morgan fingerprint density at radius 3 is 2.71 bits per heavy atom. The van der Waals surface area contributed by atoms with Gasteiger partial charge in [0, 0.05) is 10.5 Å². The third-order valence-electron chi connectivity index (χ3n) is 2.73. The zero-order chi connectivity index (χ0) is 14.7. The van der Waals surface area contributed by atoms with Crippen LogP contribution in [-0.4, -0.2) is 22.4 Å². The fourth-order valence-corrected chi connectivity index (χ4v) is 2.74. The zero-order valence-corrected chi connectivity index (χ0v) is 12.7. The molecule has 1 N–H and O–H groups in total. The molecule has 0 spiro atoms. The van der Waals surface area contributed by atoms with Crippen LogP contribution in [0.4, 0.5) is 6.01 Å². The number of hydrogen-bond donors (Lipinski definition) is 1. The highest BCUT2D eigenvalue weighted by molar-refractivity contribution is 7.98. The standard InChI is InChI=1S/C14H11N3O2S2/c1-20-10-6-4-9(5-7-10)12(18)15-14-17-16-13(19-14)11-3-2-8-21-11/h2-8H,1H3,(H,15,17,18). The van der Waals surface area contributed by atoms with Gasteiger partial charge in [-0.2, -0.15) is 0 Å². The van der Waals surface area contributed by atoms with Crippen LogP contribution in [0, 0.1) is 0 Å². The maximum absolute atomic E-state index is 12.1. The van der Waals surface area contributed by atoms with Crippen LogP contribution in [-0.2, 0) is 0 Å². The number of hydrogen-bond acceptors (Lipinski definition) is 6. The summed E-state index contributed by atoms with van der Waals surface area (Å²) < 4.78 is 5.42. The number of carbonyl (C=O) groups excluding carboxylic acids is 1. The van der Waals surface area contributed by atoms with Crippen molar-refractivity contribution in [3.05, 3.63) is 47.3 Å². The monoisotopic (exact) mass is 317 g/mol. The number of carbonyl (C=O) groups is 1. The van der Waals surface area contributed by atoms with Crippen LogP contribution < -0.4 is 5.32 Å². The molecule has 0 fully saturated rings. The molecule has 0 saturated heterocycles. The lowest BCUT2D eigenvalue weighted by atomic mass is 10.2. The first kappa shape index (κ1) is 13.8. The Balaban J connectivity index is 1.72. The Morgan fingerprint density at radius 2 is 2.05 bits per heavy atom. The SMILES string of the molecule is CSc1ccc(C(=O)Nc2nnc(-c3cccs3)o2)cc1. The quantitative estimate of drug-likeness (QED) is 0.742. The number of benzene rings is 1. The molecule has 2 aromatic heterocycles. The minimum Gasteiger partial charge on any atom is -0.402 e. The first-order valence-corrected chi connectivity index (χ1v) is 8.19. The summed E-state index contributed by atoms with van der Waals surface area (Å²) in [4.78, 5) is 14.0. The summed E-state index contributed by atoms with van der Waals surface area (Å²) in [6, 6.07) is 11.2. The van der Waals surface area contributed by atoms with Gasteiger partial charge >= 0.3 is 6.01 Å². The van der Waals surface area contributed by atoms with Crippen molar-refractivity contribution in [3.8, 4) is 10.8 Å². The molecule has 0 aliphatic heterocycles. The predicted molar refractivity (Wildman–Crippen MR) is 83.8 cm³/mol. The second-order valence-corrected chi connectivity index (χ2v) is 5.90. The van der Waals surface area contributed by atoms with Gasteiger partial charge in [0.25, 0.3) is 11.8 Å². The van der Waals surface area contributed by atoms with Crippen molar-refractivity contribution >= 4 is 35.0 Å². The Morgan fingerprint density at radius 1 is 1.24 bits per heavy atom. The molecule has 3 rings (SSSR count). The van der Waals surface area contributed by atoms with Gasteiger partial charge < -0.3 is 4.42 Å². The fourth-order valence-electron chi connectivity index (χ4n) is 1.69. The van der Waals surface area contributed by atoms with E-state index >= 15 is 0 Å². The van der Waals surface area contributed by atoms with Crippen LogP contribution in [0.5, 0.6) is 0 Å². The molecule has 106 valence electrons. The second kappa shape index (κ2) is 6.11. The lowest BCUT2D eigenvalue weighted by Crippen LogP contribution is -2.11. The van der Waals surface area contributed by atoms with Gasteiger partial charge in [0.1, 0.15) is 0 Å². The number of thiophene rings is 1. The van der Waals surface area contributed by atoms with Crippen molar-refractivity contribution in [2.45, 2.75) is 4.90 Å². The molecule has 0 aliphatic carbocycles. The maximum Gasteiger partial charge on any atom is 0.322 e. The van der Waals surface area contributed by atoms with Gasteiger partial charge in [-0.3, -0.25) is 10.1 Å². The average Bonchev–Trinajstić information content (AvgIpc) is 3.18. The molecule has 0 unspecified atom stereocenters. The van der Waals surface area contributed by atoms with E-state index in [1.807, 2.05) is 35.9 Å². The molecule has 0 radical (unpaired) electrons. The van der Waals surface area contributed by atoms with Crippen LogP contribution in [0.25, 0.3) is 10.8 Å². The predicted octanol–water partition coefficient (Wildman–Crippen LogP) is 3.77. The van der Waals surface area contributed by atoms with E-state index in [9.17, 15) is 4.79 Å². The Kier molecular flexibility index (Phi) is 4.03. The zero-order valence-electron chi connectivity index (χ0n) is 11.1. The highest BCUT2D eigenvalue weighted by Gasteiger charge is 2.13. The number of nitrogens with one attached hydrogen (secondary N) is 1. The number of rotatable bonds is 4. The summed E-state index contributed by atoms with van der Waals surface area (Å²) in [6.45, 7) is 0. The van der Waals surface area contributed by atoms with Gasteiger partial charge in [-0.05, 0) is 42.0 Å². The van der Waals surface area contributed by atoms with E-state index in [1.54, 1.807) is 23.9 Å². The largest absolute Gasteiger partial charge is 0.402 e. The Labute approximate surface area is 129 Å². The van der Waals surface area contributed by atoms with Gasteiger partial charge in [-0.25, -0.2) is 0 Å². The second-order valence-electron chi connectivity index (χ2n) is 4.07. The van der Waals surface area contributed by atoms with Crippen molar-refractivity contribution in [2.24, 2.45) is 0 Å². The van der Waals surface area contributed by atoms with Gasteiger partial charge in [0.2, 0.25) is 0 Å². The molecular formula is C14H11N3O2S2. The summed E-state index contributed by atoms with van der Waals surface area (Å²) in [5.41, 5.74) is 0.545. The van der Waals surface area contributed by atoms with Crippen molar-refractivity contribution in [3.63, 3.8) is 0 Å². The topological polar surface area (TPSA) is 68.0 Å². The van der Waals surface area contributed by atoms with E-state index in [0.717, 1.165) is 9.77 Å². The normalized spacial score (nSPS) is 10.5. The molecule has 3 aromatic rings. The summed E-state index contributed by atoms with van der Waals surface area (Å²) >= 11 is 3.12. The van der Waals surface area contributed by atoms with Gasteiger partial charge in [0.15, 0.2) is 0 Å². The molecule has 21 heavy (non-hydrogen) atoms. The highest BCUT2D eigenvalue weighted by atomic mass is 32.2. The number of nitrogens with zero attached hydrogens (tertiary/aromatic N) is 2. The van der Waals surface area contributed by atoms with Crippen LogP contribution in [0.15, 0.2) is 51.1 Å². The third kappa shape index (κ3) is 3.14. The molecule has 1 aromatic carbocycles.